The van der Waals surface area contributed by atoms with Gasteiger partial charge in [0.1, 0.15) is 11.7 Å². The number of hydrogen-bond donors (Lipinski definition) is 0. The van der Waals surface area contributed by atoms with Crippen LogP contribution in [0.2, 0.25) is 0 Å². The van der Waals surface area contributed by atoms with Crippen LogP contribution in [0.3, 0.4) is 0 Å². The molecule has 1 aliphatic rings. The van der Waals surface area contributed by atoms with Gasteiger partial charge < -0.3 is 4.74 Å². The summed E-state index contributed by atoms with van der Waals surface area (Å²) in [7, 11) is 0. The van der Waals surface area contributed by atoms with E-state index in [9.17, 15) is 14.4 Å². The monoisotopic (exact) mass is 424 g/mol. The van der Waals surface area contributed by atoms with Gasteiger partial charge in [-0.1, -0.05) is 42.0 Å². The molecule has 5 rings (SSSR count). The molecule has 0 bridgehead atoms. The predicted octanol–water partition coefficient (Wildman–Crippen LogP) is 4.56. The molecule has 0 spiro atoms. The third-order valence-electron chi connectivity index (χ3n) is 6.12. The molecule has 1 atom stereocenters. The summed E-state index contributed by atoms with van der Waals surface area (Å²) in [5.41, 5.74) is 6.10. The highest BCUT2D eigenvalue weighted by molar-refractivity contribution is 6.28. The summed E-state index contributed by atoms with van der Waals surface area (Å²) in [6, 6.07) is 17.1. The lowest BCUT2D eigenvalue weighted by atomic mass is 9.80. The van der Waals surface area contributed by atoms with Crippen LogP contribution < -0.4 is 4.98 Å². The van der Waals surface area contributed by atoms with E-state index in [0.717, 1.165) is 33.0 Å². The van der Waals surface area contributed by atoms with Crippen LogP contribution in [-0.4, -0.2) is 24.1 Å². The van der Waals surface area contributed by atoms with E-state index < -0.39 is 11.9 Å². The van der Waals surface area contributed by atoms with Gasteiger partial charge in [0.15, 0.2) is 5.78 Å². The van der Waals surface area contributed by atoms with Crippen molar-refractivity contribution in [3.63, 3.8) is 0 Å². The Labute approximate surface area is 185 Å². The van der Waals surface area contributed by atoms with Crippen LogP contribution in [0.15, 0.2) is 54.6 Å². The first-order chi connectivity index (χ1) is 15.4. The molecular weight excluding hydrogens is 402 g/mol. The zero-order chi connectivity index (χ0) is 22.6. The predicted molar refractivity (Wildman–Crippen MR) is 122 cm³/mol. The van der Waals surface area contributed by atoms with Gasteiger partial charge in [0, 0.05) is 28.3 Å². The van der Waals surface area contributed by atoms with E-state index in [1.165, 1.54) is 6.92 Å². The number of Topliss-reactive ketones (excluding diaryl/α,β-unsaturated/α-hetero) is 1. The summed E-state index contributed by atoms with van der Waals surface area (Å²) in [5, 5.41) is 1.73. The van der Waals surface area contributed by atoms with Crippen LogP contribution in [0.4, 0.5) is 0 Å². The van der Waals surface area contributed by atoms with Gasteiger partial charge in [-0.25, -0.2) is 4.98 Å². The van der Waals surface area contributed by atoms with Gasteiger partial charge in [0.25, 0.3) is 0 Å². The Morgan fingerprint density at radius 3 is 2.47 bits per heavy atom. The van der Waals surface area contributed by atoms with Gasteiger partial charge in [-0.2, -0.15) is 0 Å². The minimum absolute atomic E-state index is 0.0689. The number of fused-ring (bicyclic) bond motifs is 4. The molecule has 1 heterocycles. The Balaban J connectivity index is 1.97. The second-order valence-corrected chi connectivity index (χ2v) is 8.17. The number of aromatic amines is 1. The van der Waals surface area contributed by atoms with Gasteiger partial charge in [0.2, 0.25) is 11.0 Å². The van der Waals surface area contributed by atoms with Crippen molar-refractivity contribution in [1.82, 2.24) is 0 Å². The summed E-state index contributed by atoms with van der Waals surface area (Å²) < 4.78 is 5.21. The van der Waals surface area contributed by atoms with Crippen LogP contribution in [0.25, 0.3) is 32.9 Å². The highest BCUT2D eigenvalue weighted by atomic mass is 16.5. The maximum absolute atomic E-state index is 13.4. The summed E-state index contributed by atoms with van der Waals surface area (Å²) in [4.78, 5) is 42.1. The number of hydrogen-bond acceptors (Lipinski definition) is 4. The molecule has 0 fully saturated rings. The lowest BCUT2D eigenvalue weighted by molar-refractivity contribution is -0.310. The molecule has 0 amide bonds. The van der Waals surface area contributed by atoms with E-state index in [-0.39, 0.29) is 18.2 Å². The lowest BCUT2D eigenvalue weighted by Gasteiger charge is -2.21. The van der Waals surface area contributed by atoms with Crippen molar-refractivity contribution in [2.75, 3.05) is 6.61 Å². The number of aryl methyl sites for hydroxylation is 1. The molecule has 158 valence electrons. The second-order valence-electron chi connectivity index (χ2n) is 8.17. The quantitative estimate of drug-likeness (QED) is 0.241. The highest BCUT2D eigenvalue weighted by Crippen LogP contribution is 2.43. The number of benzene rings is 3. The molecule has 1 N–H and O–H groups in total. The van der Waals surface area contributed by atoms with E-state index in [0.29, 0.717) is 22.2 Å². The Morgan fingerprint density at radius 2 is 1.75 bits per heavy atom. The topological polar surface area (TPSA) is 74.6 Å². The van der Waals surface area contributed by atoms with Crippen LogP contribution in [-0.2, 0) is 14.3 Å². The normalized spacial score (nSPS) is 13.2. The number of H-pyrrole nitrogens is 1. The molecule has 0 radical (unpaired) electrons. The summed E-state index contributed by atoms with van der Waals surface area (Å²) in [5.74, 6) is -2.03. The molecule has 0 unspecified atom stereocenters. The minimum atomic E-state index is -1.07. The van der Waals surface area contributed by atoms with Gasteiger partial charge in [-0.15, -0.1) is 0 Å². The van der Waals surface area contributed by atoms with Gasteiger partial charge in [-0.3, -0.25) is 14.4 Å². The minimum Gasteiger partial charge on any atom is -0.465 e. The number of aromatic nitrogens is 1. The fraction of sp³-hybridized carbons (Fsp3) is 0.185. The van der Waals surface area contributed by atoms with E-state index in [4.69, 9.17) is 4.74 Å². The van der Waals surface area contributed by atoms with E-state index >= 15 is 0 Å². The van der Waals surface area contributed by atoms with Crippen molar-refractivity contribution in [2.24, 2.45) is 0 Å². The van der Waals surface area contributed by atoms with Crippen molar-refractivity contribution in [3.05, 3.63) is 76.9 Å². The van der Waals surface area contributed by atoms with Crippen molar-refractivity contribution >= 4 is 39.3 Å². The summed E-state index contributed by atoms with van der Waals surface area (Å²) >= 11 is 0. The molecule has 32 heavy (non-hydrogen) atoms. The average molecular weight is 424 g/mol. The van der Waals surface area contributed by atoms with Crippen molar-refractivity contribution in [1.29, 1.82) is 0 Å². The molecule has 1 aromatic heterocycles. The molecular formula is C27H22NO4+. The molecule has 1 aliphatic carbocycles. The van der Waals surface area contributed by atoms with E-state index in [1.54, 1.807) is 19.1 Å². The molecule has 0 saturated heterocycles. The fourth-order valence-electron chi connectivity index (χ4n) is 4.75. The van der Waals surface area contributed by atoms with Crippen LogP contribution in [0, 0.1) is 6.92 Å². The van der Waals surface area contributed by atoms with Gasteiger partial charge in [-0.05, 0) is 38.5 Å². The third-order valence-corrected chi connectivity index (χ3v) is 6.12. The van der Waals surface area contributed by atoms with Crippen LogP contribution >= 0.6 is 0 Å². The SMILES string of the molecule is CCOC(=O)[C@@H](C(C)=O)c1ccc2c3c(c4cc(C)ccc4[nH+]c13)-c1ccccc1C2=O. The molecule has 3 aromatic carbocycles. The van der Waals surface area contributed by atoms with Crippen LogP contribution in [0.1, 0.15) is 46.8 Å². The lowest BCUT2D eigenvalue weighted by Crippen LogP contribution is -2.25. The first kappa shape index (κ1) is 20.1. The first-order valence-electron chi connectivity index (χ1n) is 10.7. The number of rotatable bonds is 4. The fourth-order valence-corrected chi connectivity index (χ4v) is 4.75. The number of pyridine rings is 1. The van der Waals surface area contributed by atoms with E-state index in [1.807, 2.05) is 43.3 Å². The molecule has 5 nitrogen and oxygen atoms in total. The number of nitrogens with one attached hydrogen (secondary N) is 1. The number of ether oxygens (including phenoxy) is 1. The molecule has 0 saturated carbocycles. The van der Waals surface area contributed by atoms with Gasteiger partial charge >= 0.3 is 5.97 Å². The van der Waals surface area contributed by atoms with Crippen molar-refractivity contribution in [2.45, 2.75) is 26.7 Å². The number of carbonyl (C=O) groups is 3. The Bertz CT molecular complexity index is 1470. The van der Waals surface area contributed by atoms with Gasteiger partial charge in [0.05, 0.1) is 17.4 Å². The number of ketones is 2. The maximum atomic E-state index is 13.4. The Hall–Kier alpha value is -3.86. The largest absolute Gasteiger partial charge is 0.465 e. The molecule has 0 aliphatic heterocycles. The standard InChI is InChI=1S/C27H21NO4/c1-4-32-27(31)22(15(3)29)18-10-11-19-24-23(16-7-5-6-8-17(16)26(19)30)20-13-14(2)9-12-21(20)28-25(18)24/h5-13,22H,4H2,1-3H3/p+1/t22-/m0/s1. The van der Waals surface area contributed by atoms with Crippen molar-refractivity contribution < 1.29 is 24.1 Å². The second kappa shape index (κ2) is 7.38. The first-order valence-corrected chi connectivity index (χ1v) is 10.7. The van der Waals surface area contributed by atoms with Crippen LogP contribution in [0.5, 0.6) is 0 Å². The zero-order valence-corrected chi connectivity index (χ0v) is 18.1. The Kier molecular flexibility index (Phi) is 4.63. The zero-order valence-electron chi connectivity index (χ0n) is 18.1. The average Bonchev–Trinajstić information content (AvgIpc) is 2.77. The smallest absolute Gasteiger partial charge is 0.321 e. The maximum Gasteiger partial charge on any atom is 0.321 e. The highest BCUT2D eigenvalue weighted by Gasteiger charge is 2.36. The third kappa shape index (κ3) is 2.85. The molecule has 5 heteroatoms. The number of esters is 1. The molecule has 4 aromatic rings. The number of carbonyl (C=O) groups excluding carboxylic acids is 3. The Morgan fingerprint density at radius 1 is 1.00 bits per heavy atom. The van der Waals surface area contributed by atoms with Crippen molar-refractivity contribution in [3.8, 4) is 11.1 Å². The summed E-state index contributed by atoms with van der Waals surface area (Å²) in [6.07, 6.45) is 0. The van der Waals surface area contributed by atoms with E-state index in [2.05, 4.69) is 11.1 Å². The summed E-state index contributed by atoms with van der Waals surface area (Å²) in [6.45, 7) is 5.31.